The van der Waals surface area contributed by atoms with Crippen molar-refractivity contribution in [2.24, 2.45) is 7.05 Å². The standard InChI is InChI=1S/C17H15N3O2S/c1-11-3-5-12(6-4-11)14-10-23-17(18-14)19-16(22)13-7-8-20(2)15(21)9-13/h3-10H,1-2H3,(H,18,19,22). The number of amides is 1. The van der Waals surface area contributed by atoms with Gasteiger partial charge in [0.25, 0.3) is 11.5 Å². The highest BCUT2D eigenvalue weighted by molar-refractivity contribution is 7.14. The highest BCUT2D eigenvalue weighted by Crippen LogP contribution is 2.25. The van der Waals surface area contributed by atoms with Crippen LogP contribution in [0.15, 0.2) is 52.8 Å². The third-order valence-corrected chi connectivity index (χ3v) is 4.20. The van der Waals surface area contributed by atoms with Gasteiger partial charge in [0.2, 0.25) is 0 Å². The van der Waals surface area contributed by atoms with E-state index in [1.165, 1.54) is 27.5 Å². The lowest BCUT2D eigenvalue weighted by atomic mass is 10.1. The Balaban J connectivity index is 1.78. The van der Waals surface area contributed by atoms with Gasteiger partial charge in [-0.1, -0.05) is 29.8 Å². The predicted molar refractivity (Wildman–Crippen MR) is 91.9 cm³/mol. The number of aromatic nitrogens is 2. The topological polar surface area (TPSA) is 64.0 Å². The summed E-state index contributed by atoms with van der Waals surface area (Å²) in [5.74, 6) is -0.340. The first-order chi connectivity index (χ1) is 11.0. The summed E-state index contributed by atoms with van der Waals surface area (Å²) in [6.07, 6.45) is 1.57. The van der Waals surface area contributed by atoms with Crippen molar-refractivity contribution in [2.75, 3.05) is 5.32 Å². The summed E-state index contributed by atoms with van der Waals surface area (Å²) in [6, 6.07) is 10.9. The van der Waals surface area contributed by atoms with Crippen molar-refractivity contribution in [3.8, 4) is 11.3 Å². The van der Waals surface area contributed by atoms with Gasteiger partial charge in [0, 0.05) is 35.8 Å². The number of nitrogens with zero attached hydrogens (tertiary/aromatic N) is 2. The number of carbonyl (C=O) groups is 1. The number of benzene rings is 1. The van der Waals surface area contributed by atoms with E-state index in [1.54, 1.807) is 19.3 Å². The SMILES string of the molecule is Cc1ccc(-c2csc(NC(=O)c3ccn(C)c(=O)c3)n2)cc1. The van der Waals surface area contributed by atoms with Crippen LogP contribution in [0.2, 0.25) is 0 Å². The molecule has 3 aromatic rings. The molecule has 0 aliphatic heterocycles. The van der Waals surface area contributed by atoms with Gasteiger partial charge in [-0.3, -0.25) is 14.9 Å². The Morgan fingerprint density at radius 3 is 2.65 bits per heavy atom. The lowest BCUT2D eigenvalue weighted by Gasteiger charge is -2.02. The smallest absolute Gasteiger partial charge is 0.257 e. The second kappa shape index (κ2) is 6.18. The molecule has 0 unspecified atom stereocenters. The van der Waals surface area contributed by atoms with Gasteiger partial charge in [0.1, 0.15) is 0 Å². The Morgan fingerprint density at radius 2 is 1.96 bits per heavy atom. The normalized spacial score (nSPS) is 10.5. The van der Waals surface area contributed by atoms with Crippen molar-refractivity contribution in [3.63, 3.8) is 0 Å². The lowest BCUT2D eigenvalue weighted by molar-refractivity contribution is 0.102. The molecule has 2 aromatic heterocycles. The van der Waals surface area contributed by atoms with Gasteiger partial charge >= 0.3 is 0 Å². The molecule has 5 nitrogen and oxygen atoms in total. The quantitative estimate of drug-likeness (QED) is 0.805. The van der Waals surface area contributed by atoms with Gasteiger partial charge < -0.3 is 4.57 Å². The van der Waals surface area contributed by atoms with Crippen LogP contribution in [-0.2, 0) is 7.05 Å². The molecule has 0 saturated carbocycles. The first-order valence-electron chi connectivity index (χ1n) is 7.03. The third kappa shape index (κ3) is 3.37. The fraction of sp³-hybridized carbons (Fsp3) is 0.118. The summed E-state index contributed by atoms with van der Waals surface area (Å²) in [5, 5.41) is 5.13. The van der Waals surface area contributed by atoms with Gasteiger partial charge in [-0.05, 0) is 13.0 Å². The Hall–Kier alpha value is -2.73. The van der Waals surface area contributed by atoms with Crippen LogP contribution in [0.4, 0.5) is 5.13 Å². The molecule has 0 aliphatic carbocycles. The summed E-state index contributed by atoms with van der Waals surface area (Å²) in [4.78, 5) is 28.2. The first kappa shape index (κ1) is 15.2. The van der Waals surface area contributed by atoms with Gasteiger partial charge in [0.15, 0.2) is 5.13 Å². The van der Waals surface area contributed by atoms with Gasteiger partial charge in [-0.25, -0.2) is 4.98 Å². The zero-order chi connectivity index (χ0) is 16.4. The number of hydrogen-bond donors (Lipinski definition) is 1. The maximum atomic E-state index is 12.2. The molecule has 1 aromatic carbocycles. The molecule has 116 valence electrons. The average molecular weight is 325 g/mol. The minimum atomic E-state index is -0.340. The van der Waals surface area contributed by atoms with Crippen LogP contribution < -0.4 is 10.9 Å². The van der Waals surface area contributed by atoms with Crippen LogP contribution in [-0.4, -0.2) is 15.5 Å². The highest BCUT2D eigenvalue weighted by atomic mass is 32.1. The van der Waals surface area contributed by atoms with E-state index in [0.717, 1.165) is 11.3 Å². The Morgan fingerprint density at radius 1 is 1.22 bits per heavy atom. The van der Waals surface area contributed by atoms with E-state index < -0.39 is 0 Å². The summed E-state index contributed by atoms with van der Waals surface area (Å²) in [7, 11) is 1.64. The zero-order valence-corrected chi connectivity index (χ0v) is 13.6. The Labute approximate surface area is 137 Å². The molecule has 23 heavy (non-hydrogen) atoms. The van der Waals surface area contributed by atoms with Gasteiger partial charge in [-0.2, -0.15) is 0 Å². The molecule has 2 heterocycles. The van der Waals surface area contributed by atoms with E-state index in [1.807, 2.05) is 36.6 Å². The zero-order valence-electron chi connectivity index (χ0n) is 12.7. The van der Waals surface area contributed by atoms with Crippen molar-refractivity contribution < 1.29 is 4.79 Å². The van der Waals surface area contributed by atoms with Crippen LogP contribution in [0, 0.1) is 6.92 Å². The molecule has 0 spiro atoms. The molecular formula is C17H15N3O2S. The second-order valence-electron chi connectivity index (χ2n) is 5.22. The maximum Gasteiger partial charge on any atom is 0.257 e. The second-order valence-corrected chi connectivity index (χ2v) is 6.08. The summed E-state index contributed by atoms with van der Waals surface area (Å²) >= 11 is 1.35. The predicted octanol–water partition coefficient (Wildman–Crippen LogP) is 3.07. The molecule has 3 rings (SSSR count). The monoisotopic (exact) mass is 325 g/mol. The minimum Gasteiger partial charge on any atom is -0.319 e. The molecule has 6 heteroatoms. The van der Waals surface area contributed by atoms with Crippen molar-refractivity contribution in [1.82, 2.24) is 9.55 Å². The van der Waals surface area contributed by atoms with E-state index in [2.05, 4.69) is 10.3 Å². The van der Waals surface area contributed by atoms with E-state index in [4.69, 9.17) is 0 Å². The number of carbonyl (C=O) groups excluding carboxylic acids is 1. The fourth-order valence-electron chi connectivity index (χ4n) is 2.05. The number of anilines is 1. The van der Waals surface area contributed by atoms with E-state index in [9.17, 15) is 9.59 Å². The van der Waals surface area contributed by atoms with Crippen LogP contribution >= 0.6 is 11.3 Å². The number of aryl methyl sites for hydroxylation is 2. The molecule has 0 atom stereocenters. The summed E-state index contributed by atoms with van der Waals surface area (Å²) in [6.45, 7) is 2.03. The third-order valence-electron chi connectivity index (χ3n) is 3.44. The largest absolute Gasteiger partial charge is 0.319 e. The van der Waals surface area contributed by atoms with Crippen molar-refractivity contribution in [3.05, 3.63) is 69.5 Å². The molecule has 0 saturated heterocycles. The molecule has 0 bridgehead atoms. The van der Waals surface area contributed by atoms with Crippen molar-refractivity contribution >= 4 is 22.4 Å². The maximum absolute atomic E-state index is 12.2. The van der Waals surface area contributed by atoms with Gasteiger partial charge in [-0.15, -0.1) is 11.3 Å². The summed E-state index contributed by atoms with van der Waals surface area (Å²) in [5.41, 5.74) is 3.09. The molecule has 1 N–H and O–H groups in total. The van der Waals surface area contributed by atoms with Crippen molar-refractivity contribution in [2.45, 2.75) is 6.92 Å². The minimum absolute atomic E-state index is 0.225. The van der Waals surface area contributed by atoms with Gasteiger partial charge in [0.05, 0.1) is 5.69 Å². The first-order valence-corrected chi connectivity index (χ1v) is 7.91. The van der Waals surface area contributed by atoms with E-state index >= 15 is 0 Å². The van der Waals surface area contributed by atoms with Crippen molar-refractivity contribution in [1.29, 1.82) is 0 Å². The van der Waals surface area contributed by atoms with E-state index in [-0.39, 0.29) is 11.5 Å². The number of thiazole rings is 1. The molecule has 0 radical (unpaired) electrons. The number of nitrogens with one attached hydrogen (secondary N) is 1. The fourth-order valence-corrected chi connectivity index (χ4v) is 2.76. The van der Waals surface area contributed by atoms with Crippen LogP contribution in [0.1, 0.15) is 15.9 Å². The average Bonchev–Trinajstić information content (AvgIpc) is 2.99. The number of hydrogen-bond acceptors (Lipinski definition) is 4. The van der Waals surface area contributed by atoms with E-state index in [0.29, 0.717) is 10.7 Å². The van der Waals surface area contributed by atoms with Crippen LogP contribution in [0.3, 0.4) is 0 Å². The molecule has 1 amide bonds. The highest BCUT2D eigenvalue weighted by Gasteiger charge is 2.10. The molecule has 0 fully saturated rings. The Kier molecular flexibility index (Phi) is 4.08. The molecular weight excluding hydrogens is 310 g/mol. The van der Waals surface area contributed by atoms with Crippen LogP contribution in [0.5, 0.6) is 0 Å². The molecule has 0 aliphatic rings. The number of rotatable bonds is 3. The summed E-state index contributed by atoms with van der Waals surface area (Å²) < 4.78 is 1.41. The van der Waals surface area contributed by atoms with Crippen LogP contribution in [0.25, 0.3) is 11.3 Å². The Bertz CT molecular complexity index is 910. The number of pyridine rings is 1. The lowest BCUT2D eigenvalue weighted by Crippen LogP contribution is -2.19.